The van der Waals surface area contributed by atoms with Gasteiger partial charge < -0.3 is 14.8 Å². The molecule has 0 saturated carbocycles. The van der Waals surface area contributed by atoms with Crippen molar-refractivity contribution in [1.82, 2.24) is 19.5 Å². The van der Waals surface area contributed by atoms with Gasteiger partial charge in [0.1, 0.15) is 12.1 Å². The maximum Gasteiger partial charge on any atom is 0.333 e. The Balaban J connectivity index is 1.51. The first-order chi connectivity index (χ1) is 16.0. The number of carbonyl (C=O) groups excluding carboxylic acids is 1. The highest BCUT2D eigenvalue weighted by molar-refractivity contribution is 7.90. The molecule has 3 aliphatic rings. The molecule has 1 aromatic carbocycles. The summed E-state index contributed by atoms with van der Waals surface area (Å²) in [5.74, 6) is 0.416. The zero-order valence-corrected chi connectivity index (χ0v) is 18.3. The normalized spacial score (nSPS) is 23.1. The zero-order valence-electron chi connectivity index (χ0n) is 17.5. The number of rotatable bonds is 0. The van der Waals surface area contributed by atoms with Gasteiger partial charge in [0.2, 0.25) is 5.88 Å². The van der Waals surface area contributed by atoms with Gasteiger partial charge in [-0.1, -0.05) is 12.1 Å². The first kappa shape index (κ1) is 20.2. The number of amides is 2. The van der Waals surface area contributed by atoms with Gasteiger partial charge in [-0.15, -0.1) is 0 Å². The summed E-state index contributed by atoms with van der Waals surface area (Å²) in [6.45, 7) is 0.634. The van der Waals surface area contributed by atoms with Crippen molar-refractivity contribution in [3.05, 3.63) is 53.9 Å². The van der Waals surface area contributed by atoms with Gasteiger partial charge in [-0.05, 0) is 48.1 Å². The molecule has 10 nitrogen and oxygen atoms in total. The summed E-state index contributed by atoms with van der Waals surface area (Å²) < 4.78 is 41.0. The maximum absolute atomic E-state index is 12.8. The van der Waals surface area contributed by atoms with Gasteiger partial charge in [-0.25, -0.2) is 14.5 Å². The number of carbonyl (C=O) groups is 1. The van der Waals surface area contributed by atoms with Crippen LogP contribution in [-0.2, 0) is 27.6 Å². The second-order valence-corrected chi connectivity index (χ2v) is 9.95. The molecule has 1 aliphatic carbocycles. The Kier molecular flexibility index (Phi) is 4.63. The third-order valence-corrected chi connectivity index (χ3v) is 7.49. The molecule has 3 aromatic rings. The number of nitrogens with zero attached hydrogens (tertiary/aromatic N) is 3. The second-order valence-electron chi connectivity index (χ2n) is 8.32. The van der Waals surface area contributed by atoms with E-state index >= 15 is 0 Å². The fourth-order valence-electron chi connectivity index (χ4n) is 4.69. The molecule has 4 heterocycles. The highest BCUT2D eigenvalue weighted by Crippen LogP contribution is 2.38. The summed E-state index contributed by atoms with van der Waals surface area (Å²) >= 11 is 0. The van der Waals surface area contributed by atoms with Crippen LogP contribution < -0.4 is 14.8 Å². The summed E-state index contributed by atoms with van der Waals surface area (Å²) in [6, 6.07) is 7.82. The van der Waals surface area contributed by atoms with E-state index in [4.69, 9.17) is 9.47 Å². The highest BCUT2D eigenvalue weighted by Gasteiger charge is 2.34. The fourth-order valence-corrected chi connectivity index (χ4v) is 5.53. The zero-order chi connectivity index (χ0) is 22.6. The molecule has 4 bridgehead atoms. The van der Waals surface area contributed by atoms with Gasteiger partial charge in [0.05, 0.1) is 18.9 Å². The number of urea groups is 1. The molecule has 2 aliphatic heterocycles. The number of anilines is 1. The van der Waals surface area contributed by atoms with Crippen LogP contribution in [0.15, 0.2) is 47.8 Å². The van der Waals surface area contributed by atoms with E-state index in [0.717, 1.165) is 41.5 Å². The van der Waals surface area contributed by atoms with Crippen LogP contribution in [0, 0.1) is 0 Å². The Bertz CT molecular complexity index is 1370. The van der Waals surface area contributed by atoms with Crippen molar-refractivity contribution in [1.29, 1.82) is 0 Å². The largest absolute Gasteiger partial charge is 0.469 e. The predicted molar refractivity (Wildman–Crippen MR) is 118 cm³/mol. The number of hydrogen-bond donors (Lipinski definition) is 2. The summed E-state index contributed by atoms with van der Waals surface area (Å²) in [5, 5.41) is 6.73. The van der Waals surface area contributed by atoms with E-state index in [1.165, 1.54) is 10.7 Å². The lowest BCUT2D eigenvalue weighted by molar-refractivity contribution is 0.132. The Morgan fingerprint density at radius 1 is 1.12 bits per heavy atom. The molecule has 2 amide bonds. The molecule has 1 unspecified atom stereocenters. The van der Waals surface area contributed by atoms with E-state index < -0.39 is 22.2 Å². The van der Waals surface area contributed by atoms with Crippen LogP contribution in [0.3, 0.4) is 0 Å². The van der Waals surface area contributed by atoms with Crippen LogP contribution in [-0.4, -0.2) is 48.5 Å². The molecule has 6 rings (SSSR count). The fraction of sp³-hybridized carbons (Fsp3) is 0.318. The molecule has 11 heteroatoms. The van der Waals surface area contributed by atoms with Crippen LogP contribution in [0.25, 0.3) is 11.1 Å². The third-order valence-electron chi connectivity index (χ3n) is 6.27. The first-order valence-electron chi connectivity index (χ1n) is 10.7. The summed E-state index contributed by atoms with van der Waals surface area (Å²) in [4.78, 5) is 17.2. The van der Waals surface area contributed by atoms with Gasteiger partial charge in [0.25, 0.3) is 10.0 Å². The molecule has 0 radical (unpaired) electrons. The summed E-state index contributed by atoms with van der Waals surface area (Å²) in [5.41, 5.74) is 4.32. The molecule has 2 atom stereocenters. The monoisotopic (exact) mass is 467 g/mol. The van der Waals surface area contributed by atoms with Crippen molar-refractivity contribution in [3.63, 3.8) is 0 Å². The van der Waals surface area contributed by atoms with E-state index in [1.54, 1.807) is 12.4 Å². The predicted octanol–water partition coefficient (Wildman–Crippen LogP) is 2.28. The number of pyridine rings is 1. The van der Waals surface area contributed by atoms with Gasteiger partial charge in [-0.2, -0.15) is 13.5 Å². The highest BCUT2D eigenvalue weighted by atomic mass is 32.2. The number of aromatic nitrogens is 3. The molecule has 2 aromatic heterocycles. The molecule has 0 spiro atoms. The lowest BCUT2D eigenvalue weighted by Gasteiger charge is -2.20. The number of benzene rings is 1. The van der Waals surface area contributed by atoms with Crippen molar-refractivity contribution in [2.24, 2.45) is 0 Å². The molecular formula is C22H21N5O5S. The average Bonchev–Trinajstić information content (AvgIpc) is 3.53. The molecule has 170 valence electrons. The molecule has 1 fully saturated rings. The Morgan fingerprint density at radius 3 is 2.94 bits per heavy atom. The molecule has 2 N–H and O–H groups in total. The van der Waals surface area contributed by atoms with Gasteiger partial charge >= 0.3 is 6.03 Å². The van der Waals surface area contributed by atoms with E-state index in [9.17, 15) is 13.2 Å². The number of hydrogen-bond acceptors (Lipinski definition) is 7. The standard InChI is InChI=1S/C22H21N5O5S/c28-22-24-21-15-3-1-2-13(15)4-5-16(21)14-6-8-23-19(10-14)32-18-12-31-11-17(18)27-9-7-20(25-27)33(29,30)26-22/h4-10,17-18H,1-3,11-12H2,(H2,24,26,28)/t17?,18-/m1/s1. The quantitative estimate of drug-likeness (QED) is 0.520. The van der Waals surface area contributed by atoms with Gasteiger partial charge in [-0.3, -0.25) is 4.68 Å². The SMILES string of the molecule is O=C1Nc2c(ccc3c2CCC3)-c2ccnc(c2)O[C@@H]2COCC2n2ccc(n2)S(=O)(=O)N1. The average molecular weight is 468 g/mol. The van der Waals surface area contributed by atoms with Crippen LogP contribution in [0.4, 0.5) is 10.5 Å². The minimum Gasteiger partial charge on any atom is -0.469 e. The van der Waals surface area contributed by atoms with Gasteiger partial charge in [0, 0.05) is 24.0 Å². The number of sulfonamides is 1. The van der Waals surface area contributed by atoms with Gasteiger partial charge in [0.15, 0.2) is 5.03 Å². The Labute approximate surface area is 190 Å². The van der Waals surface area contributed by atoms with Crippen molar-refractivity contribution < 1.29 is 22.7 Å². The maximum atomic E-state index is 12.8. The summed E-state index contributed by atoms with van der Waals surface area (Å²) in [6.07, 6.45) is 5.47. The van der Waals surface area contributed by atoms with E-state index in [2.05, 4.69) is 26.2 Å². The van der Waals surface area contributed by atoms with Crippen LogP contribution in [0.2, 0.25) is 0 Å². The minimum atomic E-state index is -4.18. The number of aryl methyl sites for hydroxylation is 1. The topological polar surface area (TPSA) is 124 Å². The number of nitrogens with one attached hydrogen (secondary N) is 2. The first-order valence-corrected chi connectivity index (χ1v) is 12.2. The molecule has 1 saturated heterocycles. The van der Waals surface area contributed by atoms with Crippen molar-refractivity contribution in [2.45, 2.75) is 36.4 Å². The Morgan fingerprint density at radius 2 is 2.03 bits per heavy atom. The van der Waals surface area contributed by atoms with E-state index in [-0.39, 0.29) is 11.1 Å². The molecule has 33 heavy (non-hydrogen) atoms. The van der Waals surface area contributed by atoms with Crippen molar-refractivity contribution >= 4 is 21.7 Å². The lowest BCUT2D eigenvalue weighted by Crippen LogP contribution is -2.35. The van der Waals surface area contributed by atoms with Crippen LogP contribution in [0.5, 0.6) is 5.88 Å². The van der Waals surface area contributed by atoms with Crippen LogP contribution in [0.1, 0.15) is 23.6 Å². The Hall–Kier alpha value is -3.44. The van der Waals surface area contributed by atoms with E-state index in [0.29, 0.717) is 24.8 Å². The lowest BCUT2D eigenvalue weighted by atomic mass is 9.98. The molecular weight excluding hydrogens is 446 g/mol. The van der Waals surface area contributed by atoms with E-state index in [1.807, 2.05) is 18.2 Å². The smallest absolute Gasteiger partial charge is 0.333 e. The summed E-state index contributed by atoms with van der Waals surface area (Å²) in [7, 11) is -4.18. The number of fused-ring (bicyclic) bond motifs is 10. The van der Waals surface area contributed by atoms with Crippen molar-refractivity contribution in [2.75, 3.05) is 18.5 Å². The third kappa shape index (κ3) is 3.53. The minimum absolute atomic E-state index is 0.254. The second kappa shape index (κ2) is 7.56. The van der Waals surface area contributed by atoms with Crippen molar-refractivity contribution in [3.8, 4) is 17.0 Å². The number of ether oxygens (including phenoxy) is 2. The van der Waals surface area contributed by atoms with Crippen LogP contribution >= 0.6 is 0 Å².